The maximum Gasteiger partial charge on any atom is 0.160 e. The topological polar surface area (TPSA) is 29.1 Å². The van der Waals surface area contributed by atoms with E-state index in [1.165, 1.54) is 13.0 Å². The number of ketones is 1. The average molecular weight is 247 g/mol. The molecule has 0 spiro atoms. The molecule has 2 nitrogen and oxygen atoms in total. The molecule has 0 atom stereocenters. The Morgan fingerprint density at radius 3 is 2.11 bits per heavy atom. The molecule has 0 fully saturated rings. The van der Waals surface area contributed by atoms with E-state index in [0.29, 0.717) is 16.9 Å². The van der Waals surface area contributed by atoms with Gasteiger partial charge in [0, 0.05) is 23.0 Å². The SMILES string of the molecule is CC(=O)c1ccc(Nc2ccc(F)c(F)c2)cc1. The molecule has 2 aromatic carbocycles. The first-order chi connectivity index (χ1) is 8.56. The summed E-state index contributed by atoms with van der Waals surface area (Å²) in [6, 6.07) is 10.3. The Morgan fingerprint density at radius 2 is 1.56 bits per heavy atom. The molecule has 92 valence electrons. The van der Waals surface area contributed by atoms with Crippen LogP contribution < -0.4 is 5.32 Å². The van der Waals surface area contributed by atoms with Crippen molar-refractivity contribution in [3.8, 4) is 0 Å². The molecule has 4 heteroatoms. The van der Waals surface area contributed by atoms with Crippen molar-refractivity contribution in [2.75, 3.05) is 5.32 Å². The van der Waals surface area contributed by atoms with Gasteiger partial charge in [-0.3, -0.25) is 4.79 Å². The van der Waals surface area contributed by atoms with Crippen LogP contribution in [0.3, 0.4) is 0 Å². The van der Waals surface area contributed by atoms with Gasteiger partial charge in [0.15, 0.2) is 17.4 Å². The second-order valence-electron chi connectivity index (χ2n) is 3.89. The Bertz CT molecular complexity index is 579. The first kappa shape index (κ1) is 12.2. The molecule has 2 rings (SSSR count). The molecule has 0 radical (unpaired) electrons. The predicted molar refractivity (Wildman–Crippen MR) is 66.1 cm³/mol. The summed E-state index contributed by atoms with van der Waals surface area (Å²) in [6.45, 7) is 1.48. The number of rotatable bonds is 3. The Hall–Kier alpha value is -2.23. The number of hydrogen-bond donors (Lipinski definition) is 1. The van der Waals surface area contributed by atoms with Gasteiger partial charge in [-0.05, 0) is 43.3 Å². The van der Waals surface area contributed by atoms with E-state index in [0.717, 1.165) is 12.1 Å². The van der Waals surface area contributed by atoms with Crippen LogP contribution in [0.15, 0.2) is 42.5 Å². The molecular formula is C14H11F2NO. The van der Waals surface area contributed by atoms with E-state index in [2.05, 4.69) is 5.32 Å². The minimum Gasteiger partial charge on any atom is -0.355 e. The first-order valence-electron chi connectivity index (χ1n) is 5.39. The zero-order chi connectivity index (χ0) is 13.1. The molecule has 0 heterocycles. The van der Waals surface area contributed by atoms with Gasteiger partial charge in [0.2, 0.25) is 0 Å². The second-order valence-corrected chi connectivity index (χ2v) is 3.89. The van der Waals surface area contributed by atoms with E-state index in [4.69, 9.17) is 0 Å². The van der Waals surface area contributed by atoms with Crippen molar-refractivity contribution in [3.05, 3.63) is 59.7 Å². The summed E-state index contributed by atoms with van der Waals surface area (Å²) in [5, 5.41) is 2.92. The minimum absolute atomic E-state index is 0.0191. The quantitative estimate of drug-likeness (QED) is 0.833. The highest BCUT2D eigenvalue weighted by molar-refractivity contribution is 5.94. The average Bonchev–Trinajstić information content (AvgIpc) is 2.34. The highest BCUT2D eigenvalue weighted by atomic mass is 19.2. The molecule has 2 aromatic rings. The zero-order valence-electron chi connectivity index (χ0n) is 9.71. The highest BCUT2D eigenvalue weighted by Crippen LogP contribution is 2.19. The monoisotopic (exact) mass is 247 g/mol. The maximum atomic E-state index is 13.0. The van der Waals surface area contributed by atoms with Crippen molar-refractivity contribution in [1.29, 1.82) is 0 Å². The Balaban J connectivity index is 2.18. The molecule has 0 saturated heterocycles. The smallest absolute Gasteiger partial charge is 0.160 e. The summed E-state index contributed by atoms with van der Waals surface area (Å²) in [5.41, 5.74) is 1.75. The van der Waals surface area contributed by atoms with E-state index >= 15 is 0 Å². The maximum absolute atomic E-state index is 13.0. The van der Waals surface area contributed by atoms with Crippen LogP contribution in [0.1, 0.15) is 17.3 Å². The second kappa shape index (κ2) is 4.96. The molecule has 1 N–H and O–H groups in total. The normalized spacial score (nSPS) is 10.2. The van der Waals surface area contributed by atoms with Gasteiger partial charge < -0.3 is 5.32 Å². The van der Waals surface area contributed by atoms with Crippen LogP contribution in [0.4, 0.5) is 20.2 Å². The third-order valence-electron chi connectivity index (χ3n) is 2.50. The van der Waals surface area contributed by atoms with Gasteiger partial charge in [0.1, 0.15) is 0 Å². The van der Waals surface area contributed by atoms with Gasteiger partial charge in [0.25, 0.3) is 0 Å². The number of anilines is 2. The van der Waals surface area contributed by atoms with Crippen molar-refractivity contribution in [2.45, 2.75) is 6.92 Å². The van der Waals surface area contributed by atoms with Crippen molar-refractivity contribution >= 4 is 17.2 Å². The van der Waals surface area contributed by atoms with Crippen LogP contribution in [-0.4, -0.2) is 5.78 Å². The molecule has 0 aliphatic heterocycles. The minimum atomic E-state index is -0.902. The molecule has 0 aliphatic rings. The number of Topliss-reactive ketones (excluding diaryl/α,β-unsaturated/α-hetero) is 1. The van der Waals surface area contributed by atoms with Crippen LogP contribution in [0.2, 0.25) is 0 Å². The van der Waals surface area contributed by atoms with Gasteiger partial charge in [-0.25, -0.2) is 8.78 Å². The van der Waals surface area contributed by atoms with Crippen LogP contribution in [0.25, 0.3) is 0 Å². The van der Waals surface area contributed by atoms with Crippen LogP contribution >= 0.6 is 0 Å². The fourth-order valence-electron chi connectivity index (χ4n) is 1.53. The fourth-order valence-corrected chi connectivity index (χ4v) is 1.53. The standard InChI is InChI=1S/C14H11F2NO/c1-9(18)10-2-4-11(5-3-10)17-12-6-7-13(15)14(16)8-12/h2-8,17H,1H3. The number of nitrogens with one attached hydrogen (secondary N) is 1. The number of hydrogen-bond acceptors (Lipinski definition) is 2. The van der Waals surface area contributed by atoms with E-state index < -0.39 is 11.6 Å². The Morgan fingerprint density at radius 1 is 0.944 bits per heavy atom. The Kier molecular flexibility index (Phi) is 3.37. The predicted octanol–water partition coefficient (Wildman–Crippen LogP) is 3.91. The highest BCUT2D eigenvalue weighted by Gasteiger charge is 2.03. The van der Waals surface area contributed by atoms with Gasteiger partial charge >= 0.3 is 0 Å². The summed E-state index contributed by atoms with van der Waals surface area (Å²) in [4.78, 5) is 11.1. The molecular weight excluding hydrogens is 236 g/mol. The number of halogens is 2. The summed E-state index contributed by atoms with van der Waals surface area (Å²) >= 11 is 0. The van der Waals surface area contributed by atoms with Crippen LogP contribution in [-0.2, 0) is 0 Å². The number of carbonyl (C=O) groups excluding carboxylic acids is 1. The third-order valence-corrected chi connectivity index (χ3v) is 2.50. The zero-order valence-corrected chi connectivity index (χ0v) is 9.71. The van der Waals surface area contributed by atoms with Crippen molar-refractivity contribution in [1.82, 2.24) is 0 Å². The van der Waals surface area contributed by atoms with Gasteiger partial charge in [-0.1, -0.05) is 0 Å². The van der Waals surface area contributed by atoms with E-state index in [9.17, 15) is 13.6 Å². The molecule has 18 heavy (non-hydrogen) atoms. The van der Waals surface area contributed by atoms with Gasteiger partial charge in [-0.2, -0.15) is 0 Å². The van der Waals surface area contributed by atoms with E-state index in [1.54, 1.807) is 24.3 Å². The summed E-state index contributed by atoms with van der Waals surface area (Å²) < 4.78 is 25.7. The molecule has 0 unspecified atom stereocenters. The first-order valence-corrected chi connectivity index (χ1v) is 5.39. The van der Waals surface area contributed by atoms with Crippen LogP contribution in [0.5, 0.6) is 0 Å². The number of carbonyl (C=O) groups is 1. The molecule has 0 bridgehead atoms. The van der Waals surface area contributed by atoms with E-state index in [1.807, 2.05) is 0 Å². The van der Waals surface area contributed by atoms with E-state index in [-0.39, 0.29) is 5.78 Å². The fraction of sp³-hybridized carbons (Fsp3) is 0.0714. The lowest BCUT2D eigenvalue weighted by Gasteiger charge is -2.07. The molecule has 0 aliphatic carbocycles. The van der Waals surface area contributed by atoms with Crippen LogP contribution in [0, 0.1) is 11.6 Å². The third kappa shape index (κ3) is 2.71. The molecule has 0 aromatic heterocycles. The van der Waals surface area contributed by atoms with Gasteiger partial charge in [-0.15, -0.1) is 0 Å². The summed E-state index contributed by atoms with van der Waals surface area (Å²) in [7, 11) is 0. The van der Waals surface area contributed by atoms with Crippen molar-refractivity contribution in [3.63, 3.8) is 0 Å². The lowest BCUT2D eigenvalue weighted by Crippen LogP contribution is -1.95. The molecule has 0 amide bonds. The number of benzene rings is 2. The summed E-state index contributed by atoms with van der Waals surface area (Å²) in [6.07, 6.45) is 0. The lowest BCUT2D eigenvalue weighted by atomic mass is 10.1. The molecule has 0 saturated carbocycles. The summed E-state index contributed by atoms with van der Waals surface area (Å²) in [5.74, 6) is -1.80. The van der Waals surface area contributed by atoms with Gasteiger partial charge in [0.05, 0.1) is 0 Å². The largest absolute Gasteiger partial charge is 0.355 e. The van der Waals surface area contributed by atoms with Crippen molar-refractivity contribution < 1.29 is 13.6 Å². The lowest BCUT2D eigenvalue weighted by molar-refractivity contribution is 0.101. The van der Waals surface area contributed by atoms with Crippen molar-refractivity contribution in [2.24, 2.45) is 0 Å². The Labute approximate surface area is 103 Å².